The fourth-order valence-electron chi connectivity index (χ4n) is 2.35. The third-order valence-corrected chi connectivity index (χ3v) is 3.94. The first kappa shape index (κ1) is 12.1. The van der Waals surface area contributed by atoms with Crippen molar-refractivity contribution in [1.82, 2.24) is 0 Å². The van der Waals surface area contributed by atoms with Crippen LogP contribution < -0.4 is 5.73 Å². The van der Waals surface area contributed by atoms with Crippen LogP contribution in [0.5, 0.6) is 0 Å². The minimum atomic E-state index is -0.469. The quantitative estimate of drug-likeness (QED) is 0.892. The molecule has 0 amide bonds. The van der Waals surface area contributed by atoms with Gasteiger partial charge in [-0.3, -0.25) is 0 Å². The predicted octanol–water partition coefficient (Wildman–Crippen LogP) is 2.58. The lowest BCUT2D eigenvalue weighted by Gasteiger charge is -2.28. The molecule has 0 heterocycles. The second kappa shape index (κ2) is 4.13. The largest absolute Gasteiger partial charge is 0.394 e. The smallest absolute Gasteiger partial charge is 0.0608 e. The summed E-state index contributed by atoms with van der Waals surface area (Å²) in [6.07, 6.45) is 3.22. The van der Waals surface area contributed by atoms with E-state index in [0.29, 0.717) is 0 Å². The Kier molecular flexibility index (Phi) is 3.12. The molecule has 1 saturated carbocycles. The number of nitrogens with two attached hydrogens (primary N) is 1. The molecule has 1 aromatic carbocycles. The van der Waals surface area contributed by atoms with E-state index in [2.05, 4.69) is 40.2 Å². The summed E-state index contributed by atoms with van der Waals surface area (Å²) in [4.78, 5) is 0. The lowest BCUT2D eigenvalue weighted by Crippen LogP contribution is -2.43. The minimum absolute atomic E-state index is 0.0469. The molecule has 0 bridgehead atoms. The van der Waals surface area contributed by atoms with Gasteiger partial charge in [-0.2, -0.15) is 0 Å². The molecule has 1 atom stereocenters. The number of hydrogen-bond donors (Lipinski definition) is 2. The van der Waals surface area contributed by atoms with Crippen molar-refractivity contribution in [1.29, 1.82) is 0 Å². The van der Waals surface area contributed by atoms with Crippen LogP contribution in [-0.2, 0) is 5.41 Å². The average molecular weight is 284 g/mol. The Bertz CT molecular complexity index is 368. The van der Waals surface area contributed by atoms with Crippen molar-refractivity contribution in [2.45, 2.75) is 37.1 Å². The average Bonchev–Trinajstić information content (AvgIpc) is 2.99. The monoisotopic (exact) mass is 283 g/mol. The van der Waals surface area contributed by atoms with Gasteiger partial charge in [-0.1, -0.05) is 28.1 Å². The van der Waals surface area contributed by atoms with Crippen molar-refractivity contribution in [3.63, 3.8) is 0 Å². The molecule has 2 nitrogen and oxygen atoms in total. The maximum absolute atomic E-state index is 9.24. The number of benzene rings is 1. The molecule has 1 fully saturated rings. The summed E-state index contributed by atoms with van der Waals surface area (Å²) in [7, 11) is 0. The molecule has 16 heavy (non-hydrogen) atoms. The molecule has 1 aliphatic carbocycles. The molecule has 1 aromatic rings. The van der Waals surface area contributed by atoms with E-state index in [0.717, 1.165) is 10.9 Å². The number of rotatable bonds is 4. The minimum Gasteiger partial charge on any atom is -0.394 e. The second-order valence-corrected chi connectivity index (χ2v) is 6.19. The lowest BCUT2D eigenvalue weighted by molar-refractivity contribution is 0.189. The maximum Gasteiger partial charge on any atom is 0.0608 e. The molecular weight excluding hydrogens is 266 g/mol. The molecule has 2 rings (SSSR count). The molecular formula is C13H18BrNO. The first-order valence-corrected chi connectivity index (χ1v) is 6.43. The molecule has 0 aromatic heterocycles. The summed E-state index contributed by atoms with van der Waals surface area (Å²) >= 11 is 3.44. The van der Waals surface area contributed by atoms with Gasteiger partial charge in [0, 0.05) is 10.0 Å². The highest BCUT2D eigenvalue weighted by atomic mass is 79.9. The van der Waals surface area contributed by atoms with Gasteiger partial charge in [0.15, 0.2) is 0 Å². The van der Waals surface area contributed by atoms with Gasteiger partial charge in [0.25, 0.3) is 0 Å². The molecule has 1 unspecified atom stereocenters. The van der Waals surface area contributed by atoms with Crippen LogP contribution in [0.1, 0.15) is 31.7 Å². The first-order valence-electron chi connectivity index (χ1n) is 5.63. The van der Waals surface area contributed by atoms with E-state index in [9.17, 15) is 5.11 Å². The summed E-state index contributed by atoms with van der Waals surface area (Å²) in [5.41, 5.74) is 7.14. The van der Waals surface area contributed by atoms with Crippen LogP contribution in [-0.4, -0.2) is 17.3 Å². The van der Waals surface area contributed by atoms with Crippen LogP contribution in [0.15, 0.2) is 28.7 Å². The van der Waals surface area contributed by atoms with E-state index >= 15 is 0 Å². The van der Waals surface area contributed by atoms with Gasteiger partial charge in [0.1, 0.15) is 0 Å². The van der Waals surface area contributed by atoms with Crippen LogP contribution in [0.3, 0.4) is 0 Å². The summed E-state index contributed by atoms with van der Waals surface area (Å²) < 4.78 is 1.10. The highest BCUT2D eigenvalue weighted by Gasteiger charge is 2.47. The van der Waals surface area contributed by atoms with Crippen molar-refractivity contribution >= 4 is 15.9 Å². The van der Waals surface area contributed by atoms with E-state index in [4.69, 9.17) is 5.73 Å². The second-order valence-electron chi connectivity index (χ2n) is 5.28. The molecule has 0 saturated heterocycles. The fraction of sp³-hybridized carbons (Fsp3) is 0.538. The van der Waals surface area contributed by atoms with Crippen LogP contribution in [0.2, 0.25) is 0 Å². The summed E-state index contributed by atoms with van der Waals surface area (Å²) in [5, 5.41) is 9.24. The Morgan fingerprint density at radius 2 is 1.94 bits per heavy atom. The Labute approximate surface area is 105 Å². The van der Waals surface area contributed by atoms with Crippen molar-refractivity contribution < 1.29 is 5.11 Å². The van der Waals surface area contributed by atoms with Crippen molar-refractivity contribution in [3.05, 3.63) is 34.3 Å². The van der Waals surface area contributed by atoms with E-state index in [1.807, 2.05) is 6.92 Å². The summed E-state index contributed by atoms with van der Waals surface area (Å²) in [6, 6.07) is 8.46. The van der Waals surface area contributed by atoms with Crippen molar-refractivity contribution in [2.24, 2.45) is 5.73 Å². The van der Waals surface area contributed by atoms with Gasteiger partial charge in [0.05, 0.1) is 6.61 Å². The fourth-order valence-corrected chi connectivity index (χ4v) is 2.62. The number of aliphatic hydroxyl groups excluding tert-OH is 1. The molecule has 0 aliphatic heterocycles. The van der Waals surface area contributed by atoms with Gasteiger partial charge in [-0.25, -0.2) is 0 Å². The highest BCUT2D eigenvalue weighted by Crippen LogP contribution is 2.52. The lowest BCUT2D eigenvalue weighted by atomic mass is 9.83. The predicted molar refractivity (Wildman–Crippen MR) is 69.3 cm³/mol. The zero-order chi connectivity index (χ0) is 11.8. The third kappa shape index (κ3) is 2.47. The van der Waals surface area contributed by atoms with Gasteiger partial charge in [-0.05, 0) is 49.3 Å². The van der Waals surface area contributed by atoms with Crippen molar-refractivity contribution in [3.8, 4) is 0 Å². The summed E-state index contributed by atoms with van der Waals surface area (Å²) in [6.45, 7) is 1.97. The molecule has 0 radical (unpaired) electrons. The molecule has 3 N–H and O–H groups in total. The number of hydrogen-bond acceptors (Lipinski definition) is 2. The Morgan fingerprint density at radius 1 is 1.38 bits per heavy atom. The van der Waals surface area contributed by atoms with Crippen LogP contribution in [0.4, 0.5) is 0 Å². The molecule has 0 spiro atoms. The number of aliphatic hydroxyl groups is 1. The standard InChI is InChI=1S/C13H18BrNO/c1-12(15,9-16)8-13(6-7-13)10-2-4-11(14)5-3-10/h2-5,16H,6-9,15H2,1H3. The Hall–Kier alpha value is -0.380. The van der Waals surface area contributed by atoms with Gasteiger partial charge in [-0.15, -0.1) is 0 Å². The van der Waals surface area contributed by atoms with Crippen LogP contribution in [0.25, 0.3) is 0 Å². The zero-order valence-corrected chi connectivity index (χ0v) is 11.1. The molecule has 1 aliphatic rings. The van der Waals surface area contributed by atoms with Gasteiger partial charge >= 0.3 is 0 Å². The molecule has 3 heteroatoms. The van der Waals surface area contributed by atoms with Crippen LogP contribution >= 0.6 is 15.9 Å². The third-order valence-electron chi connectivity index (χ3n) is 3.41. The first-order chi connectivity index (χ1) is 7.47. The van der Waals surface area contributed by atoms with E-state index in [1.165, 1.54) is 18.4 Å². The van der Waals surface area contributed by atoms with Gasteiger partial charge in [0.2, 0.25) is 0 Å². The van der Waals surface area contributed by atoms with Gasteiger partial charge < -0.3 is 10.8 Å². The number of halogens is 1. The topological polar surface area (TPSA) is 46.2 Å². The maximum atomic E-state index is 9.24. The Balaban J connectivity index is 2.17. The normalized spacial score (nSPS) is 21.5. The highest BCUT2D eigenvalue weighted by molar-refractivity contribution is 9.10. The van der Waals surface area contributed by atoms with E-state index in [-0.39, 0.29) is 12.0 Å². The van der Waals surface area contributed by atoms with Crippen molar-refractivity contribution in [2.75, 3.05) is 6.61 Å². The van der Waals surface area contributed by atoms with E-state index < -0.39 is 5.54 Å². The Morgan fingerprint density at radius 3 is 2.38 bits per heavy atom. The molecule has 88 valence electrons. The SMILES string of the molecule is CC(N)(CO)CC1(c2ccc(Br)cc2)CC1. The summed E-state index contributed by atoms with van der Waals surface area (Å²) in [5.74, 6) is 0. The van der Waals surface area contributed by atoms with E-state index in [1.54, 1.807) is 0 Å². The van der Waals surface area contributed by atoms with Crippen LogP contribution in [0, 0.1) is 0 Å². The zero-order valence-electron chi connectivity index (χ0n) is 9.54.